The molecule has 0 saturated carbocycles. The predicted molar refractivity (Wildman–Crippen MR) is 133 cm³/mol. The summed E-state index contributed by atoms with van der Waals surface area (Å²) in [6.45, 7) is 2.06. The maximum absolute atomic E-state index is 13.5. The van der Waals surface area contributed by atoms with Gasteiger partial charge in [0.05, 0.1) is 18.4 Å². The molecule has 0 fully saturated rings. The van der Waals surface area contributed by atoms with Crippen LogP contribution in [0.1, 0.15) is 18.1 Å². The van der Waals surface area contributed by atoms with Crippen LogP contribution in [0.5, 0.6) is 5.75 Å². The van der Waals surface area contributed by atoms with Crippen LogP contribution in [-0.2, 0) is 16.0 Å². The molecule has 1 N–H and O–H groups in total. The number of hydrogen-bond donors (Lipinski definition) is 1. The summed E-state index contributed by atoms with van der Waals surface area (Å²) >= 11 is 0. The van der Waals surface area contributed by atoms with Crippen LogP contribution in [0.15, 0.2) is 78.5 Å². The van der Waals surface area contributed by atoms with Crippen molar-refractivity contribution in [3.05, 3.63) is 89.6 Å². The van der Waals surface area contributed by atoms with E-state index in [-0.39, 0.29) is 17.5 Å². The lowest BCUT2D eigenvalue weighted by atomic mass is 10.0. The summed E-state index contributed by atoms with van der Waals surface area (Å²) in [7, 11) is 5.52. The van der Waals surface area contributed by atoms with Gasteiger partial charge < -0.3 is 15.0 Å². The van der Waals surface area contributed by atoms with E-state index in [9.17, 15) is 9.59 Å². The number of rotatable bonds is 7. The predicted octanol–water partition coefficient (Wildman–Crippen LogP) is 4.72. The molecule has 1 aliphatic heterocycles. The molecule has 0 atom stereocenters. The molecule has 33 heavy (non-hydrogen) atoms. The number of ether oxygens (including phenoxy) is 1. The van der Waals surface area contributed by atoms with Crippen molar-refractivity contribution in [2.24, 2.45) is 0 Å². The first-order valence-corrected chi connectivity index (χ1v) is 10.8. The highest BCUT2D eigenvalue weighted by Gasteiger charge is 2.40. The fourth-order valence-electron chi connectivity index (χ4n) is 3.77. The summed E-state index contributed by atoms with van der Waals surface area (Å²) in [4.78, 5) is 30.3. The second-order valence-corrected chi connectivity index (χ2v) is 8.01. The second-order valence-electron chi connectivity index (χ2n) is 8.01. The number of carbonyl (C=O) groups excluding carboxylic acids is 2. The van der Waals surface area contributed by atoms with E-state index >= 15 is 0 Å². The maximum atomic E-state index is 13.5. The van der Waals surface area contributed by atoms with Gasteiger partial charge in [0.2, 0.25) is 0 Å². The van der Waals surface area contributed by atoms with Gasteiger partial charge in [-0.3, -0.25) is 9.59 Å². The smallest absolute Gasteiger partial charge is 0.282 e. The van der Waals surface area contributed by atoms with Gasteiger partial charge in [0.15, 0.2) is 0 Å². The molecular weight excluding hydrogens is 414 g/mol. The third-order valence-corrected chi connectivity index (χ3v) is 5.72. The molecule has 0 aromatic heterocycles. The summed E-state index contributed by atoms with van der Waals surface area (Å²) in [5.74, 6) is -0.0644. The zero-order valence-electron chi connectivity index (χ0n) is 19.3. The summed E-state index contributed by atoms with van der Waals surface area (Å²) < 4.78 is 5.25. The van der Waals surface area contributed by atoms with Gasteiger partial charge in [-0.2, -0.15) is 0 Å². The highest BCUT2D eigenvalue weighted by molar-refractivity contribution is 6.46. The van der Waals surface area contributed by atoms with Crippen molar-refractivity contribution in [2.45, 2.75) is 13.3 Å². The summed E-state index contributed by atoms with van der Waals surface area (Å²) in [5.41, 5.74) is 4.69. The number of methoxy groups -OCH3 is 1. The number of hydrogen-bond acceptors (Lipinski definition) is 5. The normalized spacial score (nSPS) is 13.5. The fraction of sp³-hybridized carbons (Fsp3) is 0.185. The molecular formula is C27H27N3O3. The van der Waals surface area contributed by atoms with E-state index in [0.29, 0.717) is 22.6 Å². The van der Waals surface area contributed by atoms with Gasteiger partial charge in [-0.05, 0) is 66.1 Å². The zero-order valence-corrected chi connectivity index (χ0v) is 19.3. The Hall–Kier alpha value is -4.06. The van der Waals surface area contributed by atoms with Crippen LogP contribution in [0, 0.1) is 0 Å². The van der Waals surface area contributed by atoms with E-state index in [2.05, 4.69) is 12.2 Å². The van der Waals surface area contributed by atoms with Crippen LogP contribution >= 0.6 is 0 Å². The summed E-state index contributed by atoms with van der Waals surface area (Å²) in [5, 5.41) is 3.20. The lowest BCUT2D eigenvalue weighted by molar-refractivity contribution is -0.120. The third-order valence-electron chi connectivity index (χ3n) is 5.72. The fourth-order valence-corrected chi connectivity index (χ4v) is 3.77. The largest absolute Gasteiger partial charge is 0.497 e. The lowest BCUT2D eigenvalue weighted by Crippen LogP contribution is -2.32. The van der Waals surface area contributed by atoms with Gasteiger partial charge in [-0.25, -0.2) is 4.90 Å². The topological polar surface area (TPSA) is 61.9 Å². The molecule has 1 heterocycles. The van der Waals surface area contributed by atoms with Gasteiger partial charge in [-0.1, -0.05) is 31.2 Å². The number of imide groups is 1. The molecule has 1 aliphatic rings. The summed E-state index contributed by atoms with van der Waals surface area (Å²) in [6.07, 6.45) is 0.882. The van der Waals surface area contributed by atoms with E-state index < -0.39 is 0 Å². The average molecular weight is 442 g/mol. The number of nitrogens with one attached hydrogen (secondary N) is 1. The van der Waals surface area contributed by atoms with E-state index in [4.69, 9.17) is 4.74 Å². The molecule has 3 aromatic rings. The standard InChI is InChI=1S/C27H27N3O3/c1-5-18-6-12-22(13-7-18)30-26(31)24(19-8-16-23(33-4)17-9-19)25(27(30)32)28-20-10-14-21(15-11-20)29(2)3/h6-17,28H,5H2,1-4H3. The Morgan fingerprint density at radius 3 is 2.03 bits per heavy atom. The minimum atomic E-state index is -0.383. The van der Waals surface area contributed by atoms with E-state index in [0.717, 1.165) is 23.4 Å². The Kier molecular flexibility index (Phi) is 6.18. The number of benzene rings is 3. The van der Waals surface area contributed by atoms with Crippen LogP contribution in [0.25, 0.3) is 5.57 Å². The Bertz CT molecular complexity index is 1190. The first-order valence-electron chi connectivity index (χ1n) is 10.8. The third kappa shape index (κ3) is 4.32. The first-order chi connectivity index (χ1) is 15.9. The van der Waals surface area contributed by atoms with Crippen LogP contribution in [0.4, 0.5) is 17.1 Å². The van der Waals surface area contributed by atoms with Gasteiger partial charge >= 0.3 is 0 Å². The highest BCUT2D eigenvalue weighted by Crippen LogP contribution is 2.34. The van der Waals surface area contributed by atoms with Gasteiger partial charge in [0.25, 0.3) is 11.8 Å². The molecule has 0 spiro atoms. The molecule has 2 amide bonds. The highest BCUT2D eigenvalue weighted by atomic mass is 16.5. The average Bonchev–Trinajstić information content (AvgIpc) is 3.08. The summed E-state index contributed by atoms with van der Waals surface area (Å²) in [6, 6.07) is 22.4. The number of anilines is 3. The van der Waals surface area contributed by atoms with Crippen LogP contribution < -0.4 is 19.9 Å². The Morgan fingerprint density at radius 2 is 1.48 bits per heavy atom. The molecule has 6 heteroatoms. The molecule has 4 rings (SSSR count). The monoisotopic (exact) mass is 441 g/mol. The minimum Gasteiger partial charge on any atom is -0.497 e. The van der Waals surface area contributed by atoms with Crippen LogP contribution in [0.3, 0.4) is 0 Å². The number of aryl methyl sites for hydroxylation is 1. The van der Waals surface area contributed by atoms with Crippen molar-refractivity contribution in [3.8, 4) is 5.75 Å². The lowest BCUT2D eigenvalue weighted by Gasteiger charge is -2.16. The van der Waals surface area contributed by atoms with Gasteiger partial charge in [-0.15, -0.1) is 0 Å². The number of carbonyl (C=O) groups is 2. The van der Waals surface area contributed by atoms with Crippen LogP contribution in [-0.4, -0.2) is 33.0 Å². The van der Waals surface area contributed by atoms with Crippen molar-refractivity contribution in [3.63, 3.8) is 0 Å². The van der Waals surface area contributed by atoms with Crippen molar-refractivity contribution in [1.29, 1.82) is 0 Å². The minimum absolute atomic E-state index is 0.252. The molecule has 3 aromatic carbocycles. The Morgan fingerprint density at radius 1 is 0.848 bits per heavy atom. The first kappa shape index (κ1) is 22.1. The van der Waals surface area contributed by atoms with Crippen molar-refractivity contribution in [1.82, 2.24) is 0 Å². The Balaban J connectivity index is 1.76. The van der Waals surface area contributed by atoms with Crippen LogP contribution in [0.2, 0.25) is 0 Å². The second kappa shape index (κ2) is 9.20. The molecule has 0 aliphatic carbocycles. The van der Waals surface area contributed by atoms with Crippen molar-refractivity contribution < 1.29 is 14.3 Å². The van der Waals surface area contributed by atoms with E-state index in [1.54, 1.807) is 31.4 Å². The van der Waals surface area contributed by atoms with E-state index in [1.165, 1.54) is 4.90 Å². The zero-order chi connectivity index (χ0) is 23.5. The molecule has 0 unspecified atom stereocenters. The Labute approximate surface area is 194 Å². The molecule has 168 valence electrons. The quantitative estimate of drug-likeness (QED) is 0.538. The number of amides is 2. The van der Waals surface area contributed by atoms with Gasteiger partial charge in [0, 0.05) is 25.5 Å². The molecule has 0 saturated heterocycles. The SMILES string of the molecule is CCc1ccc(N2C(=O)C(Nc3ccc(N(C)C)cc3)=C(c3ccc(OC)cc3)C2=O)cc1. The molecule has 6 nitrogen and oxygen atoms in total. The number of nitrogens with zero attached hydrogens (tertiary/aromatic N) is 2. The molecule has 0 bridgehead atoms. The van der Waals surface area contributed by atoms with E-state index in [1.807, 2.05) is 67.5 Å². The van der Waals surface area contributed by atoms with Gasteiger partial charge in [0.1, 0.15) is 11.4 Å². The van der Waals surface area contributed by atoms with Crippen molar-refractivity contribution >= 4 is 34.4 Å². The van der Waals surface area contributed by atoms with Crippen molar-refractivity contribution in [2.75, 3.05) is 36.3 Å². The molecule has 0 radical (unpaired) electrons. The maximum Gasteiger partial charge on any atom is 0.282 e.